The molecule has 1 aliphatic heterocycles. The van der Waals surface area contributed by atoms with Crippen molar-refractivity contribution in [1.29, 1.82) is 0 Å². The van der Waals surface area contributed by atoms with Gasteiger partial charge in [0.15, 0.2) is 0 Å². The van der Waals surface area contributed by atoms with Crippen LogP contribution in [-0.4, -0.2) is 32.7 Å². The van der Waals surface area contributed by atoms with Gasteiger partial charge in [-0.15, -0.1) is 10.3 Å². The van der Waals surface area contributed by atoms with E-state index in [1.165, 1.54) is 5.06 Å². The van der Waals surface area contributed by atoms with E-state index in [1.807, 2.05) is 56.8 Å². The van der Waals surface area contributed by atoms with Gasteiger partial charge in [0, 0.05) is 42.5 Å². The van der Waals surface area contributed by atoms with Crippen LogP contribution in [0.2, 0.25) is 0 Å². The maximum absolute atomic E-state index is 12.3. The Morgan fingerprint density at radius 1 is 1.14 bits per heavy atom. The first kappa shape index (κ1) is 16.0. The van der Waals surface area contributed by atoms with Crippen molar-refractivity contribution in [2.75, 3.05) is 0 Å². The summed E-state index contributed by atoms with van der Waals surface area (Å²) in [7, 11) is 0. The molecule has 1 amide bonds. The van der Waals surface area contributed by atoms with E-state index < -0.39 is 11.1 Å². The molecule has 0 bridgehead atoms. The zero-order valence-corrected chi connectivity index (χ0v) is 13.4. The van der Waals surface area contributed by atoms with Gasteiger partial charge < -0.3 is 9.88 Å². The molecule has 0 unspecified atom stereocenters. The van der Waals surface area contributed by atoms with E-state index in [0.717, 1.165) is 0 Å². The molecule has 1 aromatic rings. The van der Waals surface area contributed by atoms with Gasteiger partial charge in [0.2, 0.25) is 5.91 Å². The van der Waals surface area contributed by atoms with Crippen molar-refractivity contribution in [2.45, 2.75) is 70.6 Å². The molecule has 117 valence electrons. The van der Waals surface area contributed by atoms with Gasteiger partial charge >= 0.3 is 0 Å². The summed E-state index contributed by atoms with van der Waals surface area (Å²) in [4.78, 5) is 12.1. The van der Waals surface area contributed by atoms with Gasteiger partial charge in [-0.25, -0.2) is 0 Å². The van der Waals surface area contributed by atoms with Crippen LogP contribution in [0.4, 0.5) is 0 Å². The lowest BCUT2D eigenvalue weighted by Gasteiger charge is -2.50. The maximum atomic E-state index is 12.3. The average Bonchev–Trinajstić information content (AvgIpc) is 2.86. The Morgan fingerprint density at radius 3 is 2.19 bits per heavy atom. The SMILES string of the molecule is CC1(C)CC(NC(=O)CCn2cccc2)CC(C)(C)N1[O]. The van der Waals surface area contributed by atoms with E-state index >= 15 is 0 Å². The second-order valence-corrected chi connectivity index (χ2v) is 7.26. The van der Waals surface area contributed by atoms with E-state index in [9.17, 15) is 10.0 Å². The molecule has 1 aromatic heterocycles. The van der Waals surface area contributed by atoms with Crippen LogP contribution in [0.5, 0.6) is 0 Å². The molecule has 0 aromatic carbocycles. The highest BCUT2D eigenvalue weighted by atomic mass is 16.5. The molecule has 2 heterocycles. The molecular weight excluding hydrogens is 266 g/mol. The first-order chi connectivity index (χ1) is 9.71. The van der Waals surface area contributed by atoms with Crippen LogP contribution < -0.4 is 5.32 Å². The topological polar surface area (TPSA) is 57.2 Å². The number of hydrogen-bond donors (Lipinski definition) is 1. The van der Waals surface area contributed by atoms with Crippen molar-refractivity contribution < 1.29 is 10.0 Å². The molecule has 5 heteroatoms. The van der Waals surface area contributed by atoms with Gasteiger partial charge in [-0.05, 0) is 52.7 Å². The lowest BCUT2D eigenvalue weighted by atomic mass is 9.79. The lowest BCUT2D eigenvalue weighted by Crippen LogP contribution is -2.62. The van der Waals surface area contributed by atoms with Crippen molar-refractivity contribution in [3.05, 3.63) is 24.5 Å². The summed E-state index contributed by atoms with van der Waals surface area (Å²) < 4.78 is 1.99. The average molecular weight is 292 g/mol. The number of rotatable bonds is 4. The van der Waals surface area contributed by atoms with Crippen LogP contribution in [-0.2, 0) is 16.5 Å². The van der Waals surface area contributed by atoms with Crippen LogP contribution in [0.15, 0.2) is 24.5 Å². The number of carbonyl (C=O) groups excluding carboxylic acids is 1. The molecule has 1 fully saturated rings. The first-order valence-corrected chi connectivity index (χ1v) is 7.58. The Balaban J connectivity index is 1.89. The number of piperidine rings is 1. The van der Waals surface area contributed by atoms with E-state index in [-0.39, 0.29) is 11.9 Å². The predicted octanol–water partition coefficient (Wildman–Crippen LogP) is 2.36. The first-order valence-electron chi connectivity index (χ1n) is 7.58. The molecule has 0 atom stereocenters. The van der Waals surface area contributed by atoms with Crippen LogP contribution in [0.25, 0.3) is 0 Å². The Bertz CT molecular complexity index is 462. The molecule has 0 saturated carbocycles. The highest BCUT2D eigenvalue weighted by molar-refractivity contribution is 5.76. The van der Waals surface area contributed by atoms with Crippen molar-refractivity contribution in [1.82, 2.24) is 14.9 Å². The van der Waals surface area contributed by atoms with Crippen molar-refractivity contribution in [2.24, 2.45) is 0 Å². The van der Waals surface area contributed by atoms with E-state index in [0.29, 0.717) is 25.8 Å². The third-order valence-corrected chi connectivity index (χ3v) is 4.22. The van der Waals surface area contributed by atoms with E-state index in [1.54, 1.807) is 0 Å². The zero-order chi connectivity index (χ0) is 15.7. The fraction of sp³-hybridized carbons (Fsp3) is 0.688. The van der Waals surface area contributed by atoms with Gasteiger partial charge in [-0.1, -0.05) is 0 Å². The smallest absolute Gasteiger partial charge is 0.222 e. The molecule has 2 rings (SSSR count). The number of hydroxylamine groups is 2. The minimum atomic E-state index is -0.444. The summed E-state index contributed by atoms with van der Waals surface area (Å²) in [6.07, 6.45) is 5.75. The summed E-state index contributed by atoms with van der Waals surface area (Å²) >= 11 is 0. The highest BCUT2D eigenvalue weighted by Gasteiger charge is 2.46. The Kier molecular flexibility index (Phi) is 4.44. The number of carbonyl (C=O) groups is 1. The fourth-order valence-electron chi connectivity index (χ4n) is 3.42. The Hall–Kier alpha value is -1.33. The predicted molar refractivity (Wildman–Crippen MR) is 80.9 cm³/mol. The number of hydrogen-bond acceptors (Lipinski definition) is 2. The summed E-state index contributed by atoms with van der Waals surface area (Å²) in [5, 5.41) is 16.6. The van der Waals surface area contributed by atoms with Gasteiger partial charge in [0.05, 0.1) is 0 Å². The maximum Gasteiger partial charge on any atom is 0.222 e. The van der Waals surface area contributed by atoms with Crippen LogP contribution in [0.3, 0.4) is 0 Å². The molecule has 1 N–H and O–H groups in total. The molecule has 0 spiro atoms. The second-order valence-electron chi connectivity index (χ2n) is 7.26. The van der Waals surface area contributed by atoms with Gasteiger partial charge in [0.25, 0.3) is 0 Å². The van der Waals surface area contributed by atoms with Crippen molar-refractivity contribution in [3.63, 3.8) is 0 Å². The summed E-state index contributed by atoms with van der Waals surface area (Å²) in [5.41, 5.74) is -0.889. The molecule has 5 nitrogen and oxygen atoms in total. The van der Waals surface area contributed by atoms with Gasteiger partial charge in [-0.2, -0.15) is 0 Å². The van der Waals surface area contributed by atoms with Crippen LogP contribution in [0.1, 0.15) is 47.0 Å². The van der Waals surface area contributed by atoms with Gasteiger partial charge in [0.1, 0.15) is 0 Å². The van der Waals surface area contributed by atoms with Gasteiger partial charge in [-0.3, -0.25) is 4.79 Å². The standard InChI is InChI=1S/C16H26N3O2/c1-15(2)11-13(12-16(3,4)19(15)21)17-14(20)7-10-18-8-5-6-9-18/h5-6,8-9,13H,7,10-12H2,1-4H3,(H,17,20). The summed E-state index contributed by atoms with van der Waals surface area (Å²) in [6.45, 7) is 8.46. The number of aromatic nitrogens is 1. The molecule has 21 heavy (non-hydrogen) atoms. The summed E-state index contributed by atoms with van der Waals surface area (Å²) in [6, 6.07) is 3.97. The zero-order valence-electron chi connectivity index (χ0n) is 13.4. The fourth-order valence-corrected chi connectivity index (χ4v) is 3.42. The van der Waals surface area contributed by atoms with E-state index in [2.05, 4.69) is 5.32 Å². The third-order valence-electron chi connectivity index (χ3n) is 4.22. The molecule has 0 aliphatic carbocycles. The normalized spacial score (nSPS) is 22.1. The van der Waals surface area contributed by atoms with Crippen LogP contribution >= 0.6 is 0 Å². The number of nitrogens with zero attached hydrogens (tertiary/aromatic N) is 2. The number of amides is 1. The number of aryl methyl sites for hydroxylation is 1. The largest absolute Gasteiger partial charge is 0.354 e. The lowest BCUT2D eigenvalue weighted by molar-refractivity contribution is -0.290. The highest BCUT2D eigenvalue weighted by Crippen LogP contribution is 2.36. The molecule has 1 radical (unpaired) electrons. The van der Waals surface area contributed by atoms with Crippen molar-refractivity contribution in [3.8, 4) is 0 Å². The molecular formula is C16H26N3O2. The Labute approximate surface area is 126 Å². The monoisotopic (exact) mass is 292 g/mol. The quantitative estimate of drug-likeness (QED) is 0.926. The Morgan fingerprint density at radius 2 is 1.67 bits per heavy atom. The summed E-state index contributed by atoms with van der Waals surface area (Å²) in [5.74, 6) is 0.0552. The third kappa shape index (κ3) is 3.86. The minimum absolute atomic E-state index is 0.0552. The number of nitrogens with one attached hydrogen (secondary N) is 1. The second kappa shape index (κ2) is 5.81. The molecule has 1 saturated heterocycles. The minimum Gasteiger partial charge on any atom is -0.354 e. The molecule has 1 aliphatic rings. The van der Waals surface area contributed by atoms with E-state index in [4.69, 9.17) is 0 Å². The van der Waals surface area contributed by atoms with Crippen LogP contribution in [0, 0.1) is 0 Å². The van der Waals surface area contributed by atoms with Crippen molar-refractivity contribution >= 4 is 5.91 Å².